The summed E-state index contributed by atoms with van der Waals surface area (Å²) < 4.78 is 0.473. The number of aliphatic hydroxyl groups excluding tert-OH is 1. The lowest BCUT2D eigenvalue weighted by molar-refractivity contribution is -0.948. The Kier molecular flexibility index (Phi) is 13.8. The highest BCUT2D eigenvalue weighted by atomic mass is 16.4. The Morgan fingerprint density at radius 2 is 1.60 bits per heavy atom. The largest absolute Gasteiger partial charge is 0.544 e. The van der Waals surface area contributed by atoms with Crippen LogP contribution in [0, 0.1) is 0 Å². The van der Waals surface area contributed by atoms with Crippen molar-refractivity contribution < 1.29 is 19.5 Å². The van der Waals surface area contributed by atoms with Crippen LogP contribution >= 0.6 is 0 Å². The number of rotatable bonds is 16. The number of carboxylic acid groups (broad SMARTS) is 1. The van der Waals surface area contributed by atoms with Crippen LogP contribution in [0.1, 0.15) is 85.5 Å². The molecule has 0 aliphatic rings. The van der Waals surface area contributed by atoms with E-state index < -0.39 is 18.1 Å². The van der Waals surface area contributed by atoms with Crippen LogP contribution in [0.3, 0.4) is 0 Å². The molecule has 0 radical (unpaired) electrons. The van der Waals surface area contributed by atoms with Crippen LogP contribution < -0.4 is 5.11 Å². The van der Waals surface area contributed by atoms with Gasteiger partial charge >= 0.3 is 0 Å². The molecule has 25 heavy (non-hydrogen) atoms. The standard InChI is InChI=1S/C21H41NO3/c1-5-9-12-13-15-19(23)18-22(16-10-6-2,17-11-7-3)20(14-8-4)21(24)25/h12-13,19-20,23H,5-11,14-18H2,1-4H3/b13-12+. The number of allylic oxidation sites excluding steroid dienone is 1. The highest BCUT2D eigenvalue weighted by Gasteiger charge is 2.38. The predicted molar refractivity (Wildman–Crippen MR) is 103 cm³/mol. The van der Waals surface area contributed by atoms with Crippen LogP contribution in [-0.2, 0) is 4.79 Å². The van der Waals surface area contributed by atoms with Crippen molar-refractivity contribution in [2.75, 3.05) is 19.6 Å². The van der Waals surface area contributed by atoms with E-state index in [4.69, 9.17) is 0 Å². The number of unbranched alkanes of at least 4 members (excludes halogenated alkanes) is 3. The van der Waals surface area contributed by atoms with Gasteiger partial charge in [-0.2, -0.15) is 0 Å². The molecule has 0 bridgehead atoms. The maximum absolute atomic E-state index is 11.9. The first-order valence-corrected chi connectivity index (χ1v) is 10.4. The minimum absolute atomic E-state index is 0.473. The van der Waals surface area contributed by atoms with Crippen molar-refractivity contribution >= 4 is 5.97 Å². The van der Waals surface area contributed by atoms with Gasteiger partial charge in [-0.3, -0.25) is 0 Å². The zero-order chi connectivity index (χ0) is 19.1. The zero-order valence-corrected chi connectivity index (χ0v) is 17.0. The average molecular weight is 356 g/mol. The van der Waals surface area contributed by atoms with Gasteiger partial charge in [0.1, 0.15) is 18.7 Å². The van der Waals surface area contributed by atoms with E-state index >= 15 is 0 Å². The van der Waals surface area contributed by atoms with Gasteiger partial charge in [-0.05, 0) is 25.7 Å². The maximum Gasteiger partial charge on any atom is 0.129 e. The number of aliphatic carboxylic acids is 1. The Morgan fingerprint density at radius 3 is 2.04 bits per heavy atom. The summed E-state index contributed by atoms with van der Waals surface area (Å²) in [6, 6.07) is -0.516. The molecule has 0 spiro atoms. The van der Waals surface area contributed by atoms with Crippen LogP contribution in [0.15, 0.2) is 12.2 Å². The second kappa shape index (κ2) is 14.3. The Bertz CT molecular complexity index is 360. The normalized spacial score (nSPS) is 14.8. The quantitative estimate of drug-likeness (QED) is 0.341. The van der Waals surface area contributed by atoms with Gasteiger partial charge in [0, 0.05) is 6.42 Å². The third kappa shape index (κ3) is 9.41. The number of hydrogen-bond acceptors (Lipinski definition) is 3. The number of carbonyl (C=O) groups excluding carboxylic acids is 1. The van der Waals surface area contributed by atoms with E-state index in [2.05, 4.69) is 26.8 Å². The number of carboxylic acids is 1. The smallest absolute Gasteiger partial charge is 0.129 e. The molecule has 0 amide bonds. The molecule has 1 N–H and O–H groups in total. The summed E-state index contributed by atoms with van der Waals surface area (Å²) in [5, 5.41) is 22.5. The van der Waals surface area contributed by atoms with E-state index in [1.54, 1.807) is 0 Å². The molecular formula is C21H41NO3. The molecule has 2 unspecified atom stereocenters. The van der Waals surface area contributed by atoms with Crippen molar-refractivity contribution in [3.05, 3.63) is 12.2 Å². The lowest BCUT2D eigenvalue weighted by Crippen LogP contribution is -2.64. The lowest BCUT2D eigenvalue weighted by Gasteiger charge is -2.46. The Labute approximate surface area is 155 Å². The number of carbonyl (C=O) groups is 1. The van der Waals surface area contributed by atoms with Crippen LogP contribution in [0.5, 0.6) is 0 Å². The van der Waals surface area contributed by atoms with Gasteiger partial charge in [-0.25, -0.2) is 0 Å². The highest BCUT2D eigenvalue weighted by Crippen LogP contribution is 2.23. The van der Waals surface area contributed by atoms with E-state index in [1.807, 2.05) is 13.0 Å². The van der Waals surface area contributed by atoms with Crippen molar-refractivity contribution in [1.82, 2.24) is 0 Å². The summed E-state index contributed by atoms with van der Waals surface area (Å²) in [5.41, 5.74) is 0. The molecule has 4 heteroatoms. The highest BCUT2D eigenvalue weighted by molar-refractivity contribution is 5.69. The van der Waals surface area contributed by atoms with Gasteiger partial charge in [0.25, 0.3) is 0 Å². The molecule has 0 saturated carbocycles. The number of aliphatic hydroxyl groups is 1. The predicted octanol–water partition coefficient (Wildman–Crippen LogP) is 3.43. The zero-order valence-electron chi connectivity index (χ0n) is 17.0. The Balaban J connectivity index is 5.36. The van der Waals surface area contributed by atoms with E-state index in [9.17, 15) is 15.0 Å². The van der Waals surface area contributed by atoms with Gasteiger partial charge < -0.3 is 19.5 Å². The molecule has 0 fully saturated rings. The van der Waals surface area contributed by atoms with E-state index in [0.717, 1.165) is 58.0 Å². The molecule has 0 rings (SSSR count). The third-order valence-corrected chi connectivity index (χ3v) is 5.01. The van der Waals surface area contributed by atoms with Crippen LogP contribution in [-0.4, -0.2) is 47.3 Å². The monoisotopic (exact) mass is 355 g/mol. The minimum atomic E-state index is -0.956. The Morgan fingerprint density at radius 1 is 1.00 bits per heavy atom. The second-order valence-electron chi connectivity index (χ2n) is 7.33. The third-order valence-electron chi connectivity index (χ3n) is 5.01. The van der Waals surface area contributed by atoms with Gasteiger partial charge in [0.05, 0.1) is 19.1 Å². The summed E-state index contributed by atoms with van der Waals surface area (Å²) in [6.45, 7) is 10.5. The summed E-state index contributed by atoms with van der Waals surface area (Å²) in [7, 11) is 0. The number of nitrogens with zero attached hydrogens (tertiary/aromatic N) is 1. The topological polar surface area (TPSA) is 60.4 Å². The fraction of sp³-hybridized carbons (Fsp3) is 0.857. The minimum Gasteiger partial charge on any atom is -0.544 e. The van der Waals surface area contributed by atoms with Gasteiger partial charge in [-0.1, -0.05) is 65.5 Å². The van der Waals surface area contributed by atoms with Gasteiger partial charge in [-0.15, -0.1) is 0 Å². The second-order valence-corrected chi connectivity index (χ2v) is 7.33. The fourth-order valence-electron chi connectivity index (χ4n) is 3.60. The summed E-state index contributed by atoms with van der Waals surface area (Å²) in [6.07, 6.45) is 11.8. The van der Waals surface area contributed by atoms with Crippen LogP contribution in [0.25, 0.3) is 0 Å². The molecule has 0 aromatic rings. The first kappa shape index (κ1) is 24.1. The molecular weight excluding hydrogens is 314 g/mol. The van der Waals surface area contributed by atoms with Gasteiger partial charge in [0.2, 0.25) is 0 Å². The molecule has 0 saturated heterocycles. The molecule has 0 aliphatic heterocycles. The fourth-order valence-corrected chi connectivity index (χ4v) is 3.60. The Hall–Kier alpha value is -0.870. The lowest BCUT2D eigenvalue weighted by atomic mass is 10.0. The molecule has 0 heterocycles. The summed E-state index contributed by atoms with van der Waals surface area (Å²) >= 11 is 0. The number of quaternary nitrogens is 1. The average Bonchev–Trinajstić information content (AvgIpc) is 2.59. The molecule has 0 aliphatic carbocycles. The maximum atomic E-state index is 11.9. The van der Waals surface area contributed by atoms with E-state index in [-0.39, 0.29) is 0 Å². The first-order valence-electron chi connectivity index (χ1n) is 10.4. The molecule has 2 atom stereocenters. The van der Waals surface area contributed by atoms with Crippen molar-refractivity contribution in [2.45, 2.75) is 97.6 Å². The van der Waals surface area contributed by atoms with Gasteiger partial charge in [0.15, 0.2) is 0 Å². The molecule has 0 aromatic heterocycles. The van der Waals surface area contributed by atoms with Crippen molar-refractivity contribution in [2.24, 2.45) is 0 Å². The van der Waals surface area contributed by atoms with E-state index in [1.165, 1.54) is 0 Å². The van der Waals surface area contributed by atoms with Crippen molar-refractivity contribution in [3.8, 4) is 0 Å². The molecule has 4 nitrogen and oxygen atoms in total. The SMILES string of the molecule is CCC/C=C/CC(O)C[N+](CCCC)(CCCC)C(CCC)C(=O)[O-]. The number of hydrogen-bond donors (Lipinski definition) is 1. The van der Waals surface area contributed by atoms with Crippen LogP contribution in [0.2, 0.25) is 0 Å². The summed E-state index contributed by atoms with van der Waals surface area (Å²) in [5.74, 6) is -0.956. The van der Waals surface area contributed by atoms with Crippen molar-refractivity contribution in [3.63, 3.8) is 0 Å². The first-order chi connectivity index (χ1) is 12.0. The molecule has 148 valence electrons. The summed E-state index contributed by atoms with van der Waals surface area (Å²) in [4.78, 5) is 11.9. The van der Waals surface area contributed by atoms with Crippen molar-refractivity contribution in [1.29, 1.82) is 0 Å². The molecule has 0 aromatic carbocycles. The van der Waals surface area contributed by atoms with Crippen LogP contribution in [0.4, 0.5) is 0 Å². The van der Waals surface area contributed by atoms with E-state index in [0.29, 0.717) is 23.9 Å².